The smallest absolute Gasteiger partial charge is 0.226 e. The predicted octanol–water partition coefficient (Wildman–Crippen LogP) is 0.423. The first-order valence-electron chi connectivity index (χ1n) is 5.40. The average molecular weight is 256 g/mol. The molecule has 0 saturated carbocycles. The topological polar surface area (TPSA) is 95.0 Å². The molecule has 94 valence electrons. The third kappa shape index (κ3) is 4.90. The molecule has 7 heteroatoms. The number of hydrogen-bond acceptors (Lipinski definition) is 6. The van der Waals surface area contributed by atoms with E-state index in [1.54, 1.807) is 0 Å². The largest absolute Gasteiger partial charge is 0.550 e. The Balaban J connectivity index is 2.33. The number of nitrogens with one attached hydrogen (secondary N) is 1. The first-order valence-corrected chi connectivity index (χ1v) is 6.28. The van der Waals surface area contributed by atoms with Crippen LogP contribution in [0.5, 0.6) is 0 Å². The molecule has 0 radical (unpaired) electrons. The van der Waals surface area contributed by atoms with Crippen molar-refractivity contribution < 1.29 is 14.7 Å². The Morgan fingerprint density at radius 1 is 1.53 bits per heavy atom. The van der Waals surface area contributed by atoms with E-state index >= 15 is 0 Å². The molecule has 1 aromatic heterocycles. The van der Waals surface area contributed by atoms with E-state index in [-0.39, 0.29) is 12.3 Å². The summed E-state index contributed by atoms with van der Waals surface area (Å²) >= 11 is 1.22. The van der Waals surface area contributed by atoms with Crippen molar-refractivity contribution in [1.29, 1.82) is 0 Å². The Labute approximate surface area is 103 Å². The van der Waals surface area contributed by atoms with Crippen molar-refractivity contribution in [3.8, 4) is 0 Å². The number of amides is 1. The van der Waals surface area contributed by atoms with E-state index in [2.05, 4.69) is 15.5 Å². The van der Waals surface area contributed by atoms with E-state index in [9.17, 15) is 14.7 Å². The summed E-state index contributed by atoms with van der Waals surface area (Å²) < 4.78 is 0. The second-order valence-corrected chi connectivity index (χ2v) is 4.47. The van der Waals surface area contributed by atoms with Gasteiger partial charge in [0.15, 0.2) is 0 Å². The molecule has 0 spiro atoms. The monoisotopic (exact) mass is 256 g/mol. The molecule has 17 heavy (non-hydrogen) atoms. The lowest BCUT2D eigenvalue weighted by Gasteiger charge is -2.16. The van der Waals surface area contributed by atoms with Gasteiger partial charge in [-0.05, 0) is 18.8 Å². The highest BCUT2D eigenvalue weighted by Crippen LogP contribution is 2.14. The Hall–Kier alpha value is -1.50. The minimum Gasteiger partial charge on any atom is -0.550 e. The van der Waals surface area contributed by atoms with E-state index in [0.29, 0.717) is 18.0 Å². The zero-order chi connectivity index (χ0) is 12.7. The normalized spacial score (nSPS) is 12.1. The summed E-state index contributed by atoms with van der Waals surface area (Å²) in [5, 5.41) is 21.0. The molecule has 0 aliphatic rings. The molecule has 0 aliphatic carbocycles. The van der Waals surface area contributed by atoms with Crippen molar-refractivity contribution in [1.82, 2.24) is 10.2 Å². The Bertz CT molecular complexity index is 367. The van der Waals surface area contributed by atoms with Gasteiger partial charge in [0.1, 0.15) is 5.51 Å². The molecule has 0 aliphatic heterocycles. The predicted molar refractivity (Wildman–Crippen MR) is 61.2 cm³/mol. The number of anilines is 1. The number of aromatic nitrogens is 2. The molecule has 1 rings (SSSR count). The van der Waals surface area contributed by atoms with Gasteiger partial charge in [-0.1, -0.05) is 24.7 Å². The summed E-state index contributed by atoms with van der Waals surface area (Å²) in [6, 6.07) is 0. The van der Waals surface area contributed by atoms with Crippen LogP contribution in [-0.2, 0) is 9.59 Å². The molecule has 0 aromatic carbocycles. The van der Waals surface area contributed by atoms with Crippen LogP contribution in [0.3, 0.4) is 0 Å². The fourth-order valence-corrected chi connectivity index (χ4v) is 1.90. The van der Waals surface area contributed by atoms with Crippen LogP contribution in [0, 0.1) is 5.92 Å². The van der Waals surface area contributed by atoms with E-state index < -0.39 is 11.9 Å². The van der Waals surface area contributed by atoms with Crippen LogP contribution in [0.2, 0.25) is 0 Å². The Morgan fingerprint density at radius 2 is 2.29 bits per heavy atom. The first kappa shape index (κ1) is 13.6. The lowest BCUT2D eigenvalue weighted by Crippen LogP contribution is -2.32. The van der Waals surface area contributed by atoms with E-state index in [4.69, 9.17) is 0 Å². The van der Waals surface area contributed by atoms with Gasteiger partial charge >= 0.3 is 0 Å². The Kier molecular flexibility index (Phi) is 5.55. The van der Waals surface area contributed by atoms with Gasteiger partial charge in [-0.15, -0.1) is 10.2 Å². The maximum absolute atomic E-state index is 11.5. The molecule has 1 heterocycles. The molecular weight excluding hydrogens is 242 g/mol. The van der Waals surface area contributed by atoms with Crippen LogP contribution in [0.1, 0.15) is 32.6 Å². The lowest BCUT2D eigenvalue weighted by molar-refractivity contribution is -0.312. The highest BCUT2D eigenvalue weighted by molar-refractivity contribution is 7.13. The highest BCUT2D eigenvalue weighted by atomic mass is 32.1. The summed E-state index contributed by atoms with van der Waals surface area (Å²) in [5.74, 6) is -1.89. The van der Waals surface area contributed by atoms with Gasteiger partial charge in [-0.25, -0.2) is 0 Å². The SMILES string of the molecule is CCC[C@H](CCC(=O)Nc1nncs1)C(=O)[O-]. The summed E-state index contributed by atoms with van der Waals surface area (Å²) in [7, 11) is 0. The van der Waals surface area contributed by atoms with Gasteiger partial charge in [0.2, 0.25) is 11.0 Å². The van der Waals surface area contributed by atoms with Crippen molar-refractivity contribution in [2.75, 3.05) is 5.32 Å². The third-order valence-electron chi connectivity index (χ3n) is 2.30. The summed E-state index contributed by atoms with van der Waals surface area (Å²) in [4.78, 5) is 22.2. The maximum atomic E-state index is 11.5. The summed E-state index contributed by atoms with van der Waals surface area (Å²) in [6.07, 6.45) is 1.74. The molecule has 1 atom stereocenters. The minimum absolute atomic E-state index is 0.151. The molecule has 0 saturated heterocycles. The molecule has 1 amide bonds. The number of carbonyl (C=O) groups excluding carboxylic acids is 2. The molecule has 6 nitrogen and oxygen atoms in total. The van der Waals surface area contributed by atoms with Gasteiger partial charge in [0.25, 0.3) is 0 Å². The van der Waals surface area contributed by atoms with E-state index in [1.807, 2.05) is 6.92 Å². The average Bonchev–Trinajstić information content (AvgIpc) is 2.76. The summed E-state index contributed by atoms with van der Waals surface area (Å²) in [6.45, 7) is 1.90. The number of carboxylic acid groups (broad SMARTS) is 1. The summed E-state index contributed by atoms with van der Waals surface area (Å²) in [5.41, 5.74) is 1.51. The van der Waals surface area contributed by atoms with Crippen molar-refractivity contribution >= 4 is 28.3 Å². The van der Waals surface area contributed by atoms with Gasteiger partial charge in [-0.3, -0.25) is 4.79 Å². The van der Waals surface area contributed by atoms with Gasteiger partial charge < -0.3 is 15.2 Å². The highest BCUT2D eigenvalue weighted by Gasteiger charge is 2.12. The van der Waals surface area contributed by atoms with Crippen LogP contribution in [-0.4, -0.2) is 22.1 Å². The number of nitrogens with zero attached hydrogens (tertiary/aromatic N) is 2. The minimum atomic E-state index is -1.09. The number of rotatable bonds is 7. The van der Waals surface area contributed by atoms with Crippen molar-refractivity contribution in [2.24, 2.45) is 5.92 Å². The number of carboxylic acids is 1. The third-order valence-corrected chi connectivity index (χ3v) is 2.90. The van der Waals surface area contributed by atoms with Crippen molar-refractivity contribution in [3.63, 3.8) is 0 Å². The van der Waals surface area contributed by atoms with Crippen molar-refractivity contribution in [3.05, 3.63) is 5.51 Å². The molecule has 0 unspecified atom stereocenters. The fraction of sp³-hybridized carbons (Fsp3) is 0.600. The van der Waals surface area contributed by atoms with E-state index in [0.717, 1.165) is 6.42 Å². The van der Waals surface area contributed by atoms with Crippen LogP contribution in [0.15, 0.2) is 5.51 Å². The Morgan fingerprint density at radius 3 is 2.82 bits per heavy atom. The number of aliphatic carboxylic acids is 1. The number of carbonyl (C=O) groups is 2. The van der Waals surface area contributed by atoms with Crippen LogP contribution >= 0.6 is 11.3 Å². The molecule has 0 fully saturated rings. The number of hydrogen-bond donors (Lipinski definition) is 1. The first-order chi connectivity index (χ1) is 8.13. The second kappa shape index (κ2) is 6.95. The molecular formula is C10H14N3O3S-. The quantitative estimate of drug-likeness (QED) is 0.763. The van der Waals surface area contributed by atoms with Gasteiger partial charge in [0.05, 0.1) is 0 Å². The van der Waals surface area contributed by atoms with Crippen LogP contribution < -0.4 is 10.4 Å². The zero-order valence-corrected chi connectivity index (χ0v) is 10.3. The van der Waals surface area contributed by atoms with Crippen molar-refractivity contribution in [2.45, 2.75) is 32.6 Å². The molecule has 0 bridgehead atoms. The van der Waals surface area contributed by atoms with Crippen LogP contribution in [0.25, 0.3) is 0 Å². The van der Waals surface area contributed by atoms with Gasteiger partial charge in [0, 0.05) is 12.4 Å². The standard InChI is InChI=1S/C10H15N3O3S/c1-2-3-7(9(15)16)4-5-8(14)12-10-13-11-6-17-10/h6-7H,2-5H2,1H3,(H,15,16)(H,12,13,14)/p-1/t7-/m1/s1. The lowest BCUT2D eigenvalue weighted by atomic mass is 9.98. The maximum Gasteiger partial charge on any atom is 0.226 e. The molecule has 1 N–H and O–H groups in total. The van der Waals surface area contributed by atoms with E-state index in [1.165, 1.54) is 16.8 Å². The molecule has 1 aromatic rings. The zero-order valence-electron chi connectivity index (χ0n) is 9.51. The fourth-order valence-electron chi connectivity index (χ4n) is 1.44. The second-order valence-electron chi connectivity index (χ2n) is 3.64. The van der Waals surface area contributed by atoms with Gasteiger partial charge in [-0.2, -0.15) is 0 Å². The van der Waals surface area contributed by atoms with Crippen LogP contribution in [0.4, 0.5) is 5.13 Å².